The van der Waals surface area contributed by atoms with Gasteiger partial charge < -0.3 is 9.64 Å². The zero-order valence-corrected chi connectivity index (χ0v) is 21.1. The van der Waals surface area contributed by atoms with E-state index in [2.05, 4.69) is 42.5 Å². The number of rotatable bonds is 8. The largest absolute Gasteiger partial charge is 0.458 e. The summed E-state index contributed by atoms with van der Waals surface area (Å²) < 4.78 is 7.53. The first-order valence-corrected chi connectivity index (χ1v) is 12.9. The Kier molecular flexibility index (Phi) is 7.29. The summed E-state index contributed by atoms with van der Waals surface area (Å²) in [5, 5.41) is 1.94. The van der Waals surface area contributed by atoms with E-state index in [9.17, 15) is 9.59 Å². The number of hydrogen-bond donors (Lipinski definition) is 0. The van der Waals surface area contributed by atoms with Crippen molar-refractivity contribution in [3.63, 3.8) is 0 Å². The van der Waals surface area contributed by atoms with Gasteiger partial charge in [0.05, 0.1) is 15.8 Å². The third kappa shape index (κ3) is 4.56. The molecule has 1 atom stereocenters. The number of fused-ring (bicyclic) bond motifs is 1. The van der Waals surface area contributed by atoms with E-state index in [4.69, 9.17) is 4.74 Å². The maximum Gasteiger partial charge on any atom is 0.338 e. The molecule has 1 aromatic carbocycles. The third-order valence-electron chi connectivity index (χ3n) is 5.71. The van der Waals surface area contributed by atoms with E-state index in [0.29, 0.717) is 20.6 Å². The number of thiazole rings is 1. The number of benzene rings is 1. The molecule has 6 nitrogen and oxygen atoms in total. The van der Waals surface area contributed by atoms with Crippen LogP contribution in [0.5, 0.6) is 0 Å². The molecule has 176 valence electrons. The average Bonchev–Trinajstić information content (AvgIpc) is 3.47. The Labute approximate surface area is 206 Å². The van der Waals surface area contributed by atoms with Gasteiger partial charge in [-0.15, -0.1) is 11.3 Å². The second kappa shape index (κ2) is 10.4. The van der Waals surface area contributed by atoms with Gasteiger partial charge in [-0.1, -0.05) is 42.2 Å². The molecule has 0 radical (unpaired) electrons. The van der Waals surface area contributed by atoms with Crippen molar-refractivity contribution in [3.8, 4) is 0 Å². The van der Waals surface area contributed by atoms with Crippen molar-refractivity contribution in [3.05, 3.63) is 95.8 Å². The minimum Gasteiger partial charge on any atom is -0.458 e. The zero-order valence-electron chi connectivity index (χ0n) is 19.5. The van der Waals surface area contributed by atoms with Crippen LogP contribution in [0, 0.1) is 0 Å². The Bertz CT molecular complexity index is 1390. The van der Waals surface area contributed by atoms with Crippen LogP contribution >= 0.6 is 22.7 Å². The number of hydrogen-bond acceptors (Lipinski definition) is 7. The molecule has 1 aliphatic heterocycles. The number of nitrogens with zero attached hydrogens (tertiary/aromatic N) is 3. The predicted octanol–water partition coefficient (Wildman–Crippen LogP) is 3.87. The fourth-order valence-corrected chi connectivity index (χ4v) is 5.90. The van der Waals surface area contributed by atoms with Gasteiger partial charge in [-0.05, 0) is 56.0 Å². The Balaban J connectivity index is 1.81. The van der Waals surface area contributed by atoms with E-state index in [-0.39, 0.29) is 12.2 Å². The monoisotopic (exact) mass is 493 g/mol. The van der Waals surface area contributed by atoms with Crippen LogP contribution < -0.4 is 19.8 Å². The van der Waals surface area contributed by atoms with Gasteiger partial charge in [-0.3, -0.25) is 9.36 Å². The summed E-state index contributed by atoms with van der Waals surface area (Å²) in [6, 6.07) is 11.5. The van der Waals surface area contributed by atoms with E-state index in [1.165, 1.54) is 28.7 Å². The van der Waals surface area contributed by atoms with Crippen molar-refractivity contribution < 1.29 is 9.53 Å². The lowest BCUT2D eigenvalue weighted by Crippen LogP contribution is -2.39. The molecule has 34 heavy (non-hydrogen) atoms. The molecule has 2 aromatic heterocycles. The number of aromatic nitrogens is 1. The minimum atomic E-state index is -0.569. The second-order valence-corrected chi connectivity index (χ2v) is 9.74. The Morgan fingerprint density at radius 3 is 2.59 bits per heavy atom. The molecule has 0 saturated heterocycles. The SMILES string of the molecule is C=CCOC(=O)C1=C(C)N=c2sc(=Cc3ccc(N(CC)CC)cc3)c(=O)n2C1c1cccs1. The number of ether oxygens (including phenoxy) is 1. The quantitative estimate of drug-likeness (QED) is 0.353. The smallest absolute Gasteiger partial charge is 0.338 e. The van der Waals surface area contributed by atoms with Gasteiger partial charge >= 0.3 is 5.97 Å². The molecule has 3 heterocycles. The molecule has 8 heteroatoms. The van der Waals surface area contributed by atoms with E-state index in [0.717, 1.165) is 29.2 Å². The summed E-state index contributed by atoms with van der Waals surface area (Å²) in [5.74, 6) is -0.485. The van der Waals surface area contributed by atoms with Crippen LogP contribution in [0.25, 0.3) is 6.08 Å². The van der Waals surface area contributed by atoms with Crippen LogP contribution in [0.15, 0.2) is 75.5 Å². The van der Waals surface area contributed by atoms with Gasteiger partial charge in [0.25, 0.3) is 5.56 Å². The highest BCUT2D eigenvalue weighted by Crippen LogP contribution is 2.33. The fraction of sp³-hybridized carbons (Fsp3) is 0.269. The van der Waals surface area contributed by atoms with Crippen molar-refractivity contribution in [2.24, 2.45) is 4.99 Å². The maximum atomic E-state index is 13.6. The molecule has 0 N–H and O–H groups in total. The van der Waals surface area contributed by atoms with Crippen LogP contribution in [-0.2, 0) is 9.53 Å². The Morgan fingerprint density at radius 1 is 1.24 bits per heavy atom. The fourth-order valence-electron chi connectivity index (χ4n) is 4.03. The van der Waals surface area contributed by atoms with Crippen LogP contribution in [0.1, 0.15) is 37.3 Å². The topological polar surface area (TPSA) is 63.9 Å². The maximum absolute atomic E-state index is 13.6. The summed E-state index contributed by atoms with van der Waals surface area (Å²) in [4.78, 5) is 34.8. The number of carbonyl (C=O) groups is 1. The first-order valence-electron chi connectivity index (χ1n) is 11.2. The zero-order chi connectivity index (χ0) is 24.2. The summed E-state index contributed by atoms with van der Waals surface area (Å²) in [7, 11) is 0. The van der Waals surface area contributed by atoms with Gasteiger partial charge in [0.1, 0.15) is 12.6 Å². The normalized spacial score (nSPS) is 15.6. The first kappa shape index (κ1) is 23.9. The van der Waals surface area contributed by atoms with Crippen LogP contribution in [0.4, 0.5) is 5.69 Å². The van der Waals surface area contributed by atoms with E-state index >= 15 is 0 Å². The van der Waals surface area contributed by atoms with Gasteiger partial charge in [0.2, 0.25) is 0 Å². The molecular weight excluding hydrogens is 466 g/mol. The first-order chi connectivity index (χ1) is 16.5. The van der Waals surface area contributed by atoms with Crippen LogP contribution in [0.3, 0.4) is 0 Å². The highest BCUT2D eigenvalue weighted by molar-refractivity contribution is 7.10. The summed E-state index contributed by atoms with van der Waals surface area (Å²) in [6.07, 6.45) is 3.41. The van der Waals surface area contributed by atoms with Gasteiger partial charge in [0.15, 0.2) is 4.80 Å². The molecule has 0 spiro atoms. The van der Waals surface area contributed by atoms with E-state index in [1.807, 2.05) is 35.7 Å². The van der Waals surface area contributed by atoms with Crippen molar-refractivity contribution >= 4 is 40.4 Å². The number of anilines is 1. The number of carbonyl (C=O) groups excluding carboxylic acids is 1. The highest BCUT2D eigenvalue weighted by atomic mass is 32.1. The van der Waals surface area contributed by atoms with Crippen molar-refractivity contribution in [1.82, 2.24) is 4.57 Å². The molecule has 1 unspecified atom stereocenters. The summed E-state index contributed by atoms with van der Waals surface area (Å²) in [5.41, 5.74) is 2.86. The van der Waals surface area contributed by atoms with Gasteiger partial charge in [-0.2, -0.15) is 0 Å². The molecule has 3 aromatic rings. The molecule has 0 amide bonds. The molecule has 0 saturated carbocycles. The highest BCUT2D eigenvalue weighted by Gasteiger charge is 2.33. The van der Waals surface area contributed by atoms with Crippen molar-refractivity contribution in [2.45, 2.75) is 26.8 Å². The molecule has 0 aliphatic carbocycles. The van der Waals surface area contributed by atoms with E-state index in [1.54, 1.807) is 11.5 Å². The van der Waals surface area contributed by atoms with Crippen molar-refractivity contribution in [2.75, 3.05) is 24.6 Å². The standard InChI is InChI=1S/C26H27N3O3S2/c1-5-14-32-25(31)22-17(4)27-26-29(23(22)20-9-8-15-33-20)24(30)21(34-26)16-18-10-12-19(13-11-18)28(6-2)7-3/h5,8-13,15-16,23H,1,6-7,14H2,2-4H3. The van der Waals surface area contributed by atoms with Crippen LogP contribution in [0.2, 0.25) is 0 Å². The lowest BCUT2D eigenvalue weighted by Gasteiger charge is -2.23. The predicted molar refractivity (Wildman–Crippen MR) is 139 cm³/mol. The third-order valence-corrected chi connectivity index (χ3v) is 7.61. The van der Waals surface area contributed by atoms with Gasteiger partial charge in [0, 0.05) is 23.7 Å². The molecular formula is C26H27N3O3S2. The number of thiophene rings is 1. The van der Waals surface area contributed by atoms with Crippen molar-refractivity contribution in [1.29, 1.82) is 0 Å². The minimum absolute atomic E-state index is 0.0979. The lowest BCUT2D eigenvalue weighted by atomic mass is 10.0. The Morgan fingerprint density at radius 2 is 1.97 bits per heavy atom. The number of allylic oxidation sites excluding steroid dienone is 1. The molecule has 1 aliphatic rings. The Hall–Kier alpha value is -3.23. The molecule has 0 bridgehead atoms. The summed E-state index contributed by atoms with van der Waals surface area (Å²) in [6.45, 7) is 11.6. The lowest BCUT2D eigenvalue weighted by molar-refractivity contribution is -0.138. The average molecular weight is 494 g/mol. The van der Waals surface area contributed by atoms with E-state index < -0.39 is 12.0 Å². The second-order valence-electron chi connectivity index (χ2n) is 7.75. The van der Waals surface area contributed by atoms with Gasteiger partial charge in [-0.25, -0.2) is 9.79 Å². The molecule has 4 rings (SSSR count). The van der Waals surface area contributed by atoms with Crippen LogP contribution in [-0.4, -0.2) is 30.2 Å². The summed E-state index contributed by atoms with van der Waals surface area (Å²) >= 11 is 2.83. The number of esters is 1. The molecule has 0 fully saturated rings.